The molecule has 0 bridgehead atoms. The third-order valence-electron chi connectivity index (χ3n) is 3.28. The molecule has 0 amide bonds. The second-order valence-corrected chi connectivity index (χ2v) is 5.46. The highest BCUT2D eigenvalue weighted by molar-refractivity contribution is 6.33. The SMILES string of the molecule is Clc1cc(Cl)nc(N2c3ccccc3Oc3ccccc32)n1. The van der Waals surface area contributed by atoms with Crippen molar-refractivity contribution in [2.24, 2.45) is 0 Å². The number of aromatic nitrogens is 2. The summed E-state index contributed by atoms with van der Waals surface area (Å²) < 4.78 is 5.93. The highest BCUT2D eigenvalue weighted by atomic mass is 35.5. The van der Waals surface area contributed by atoms with E-state index in [0.29, 0.717) is 5.95 Å². The van der Waals surface area contributed by atoms with Crippen LogP contribution < -0.4 is 9.64 Å². The van der Waals surface area contributed by atoms with Crippen LogP contribution in [0.4, 0.5) is 17.3 Å². The Morgan fingerprint density at radius 1 is 0.773 bits per heavy atom. The van der Waals surface area contributed by atoms with Crippen LogP contribution in [0, 0.1) is 0 Å². The van der Waals surface area contributed by atoms with Gasteiger partial charge in [-0.15, -0.1) is 0 Å². The second-order valence-electron chi connectivity index (χ2n) is 4.69. The van der Waals surface area contributed by atoms with Gasteiger partial charge in [0.2, 0.25) is 5.95 Å². The Morgan fingerprint density at radius 2 is 1.27 bits per heavy atom. The van der Waals surface area contributed by atoms with E-state index in [1.165, 1.54) is 6.07 Å². The summed E-state index contributed by atoms with van der Waals surface area (Å²) in [6.07, 6.45) is 0. The number of nitrogens with zero attached hydrogens (tertiary/aromatic N) is 3. The van der Waals surface area contributed by atoms with Crippen LogP contribution in [0.1, 0.15) is 0 Å². The molecule has 4 rings (SSSR count). The van der Waals surface area contributed by atoms with E-state index in [1.54, 1.807) is 0 Å². The first-order chi connectivity index (χ1) is 10.7. The number of halogens is 2. The predicted octanol–water partition coefficient (Wildman–Crippen LogP) is 5.36. The minimum atomic E-state index is 0.288. The van der Waals surface area contributed by atoms with E-state index in [9.17, 15) is 0 Å². The van der Waals surface area contributed by atoms with E-state index in [0.717, 1.165) is 22.9 Å². The van der Waals surface area contributed by atoms with Gasteiger partial charge in [-0.1, -0.05) is 47.5 Å². The fourth-order valence-electron chi connectivity index (χ4n) is 2.40. The van der Waals surface area contributed by atoms with Gasteiger partial charge < -0.3 is 4.74 Å². The van der Waals surface area contributed by atoms with Crippen LogP contribution >= 0.6 is 23.2 Å². The van der Waals surface area contributed by atoms with Crippen molar-refractivity contribution in [3.63, 3.8) is 0 Å². The molecule has 0 N–H and O–H groups in total. The molecule has 108 valence electrons. The monoisotopic (exact) mass is 329 g/mol. The molecular weight excluding hydrogens is 321 g/mol. The maximum absolute atomic E-state index is 6.03. The molecule has 2 aromatic carbocycles. The molecule has 1 aromatic heterocycles. The van der Waals surface area contributed by atoms with Crippen LogP contribution in [0.5, 0.6) is 11.5 Å². The van der Waals surface area contributed by atoms with E-state index in [-0.39, 0.29) is 10.3 Å². The number of hydrogen-bond acceptors (Lipinski definition) is 4. The quantitative estimate of drug-likeness (QED) is 0.440. The van der Waals surface area contributed by atoms with Gasteiger partial charge in [0.15, 0.2) is 11.5 Å². The fraction of sp³-hybridized carbons (Fsp3) is 0. The Labute approximate surface area is 136 Å². The lowest BCUT2D eigenvalue weighted by molar-refractivity contribution is 0.476. The van der Waals surface area contributed by atoms with Crippen molar-refractivity contribution in [1.82, 2.24) is 9.97 Å². The first-order valence-corrected chi connectivity index (χ1v) is 7.34. The number of anilines is 3. The van der Waals surface area contributed by atoms with E-state index >= 15 is 0 Å². The van der Waals surface area contributed by atoms with Crippen molar-refractivity contribution in [2.75, 3.05) is 4.90 Å². The van der Waals surface area contributed by atoms with Crippen LogP contribution in [0.3, 0.4) is 0 Å². The Kier molecular flexibility index (Phi) is 3.13. The van der Waals surface area contributed by atoms with Crippen LogP contribution in [-0.2, 0) is 0 Å². The first kappa shape index (κ1) is 13.4. The smallest absolute Gasteiger partial charge is 0.237 e. The van der Waals surface area contributed by atoms with Gasteiger partial charge in [-0.25, -0.2) is 9.97 Å². The van der Waals surface area contributed by atoms with Gasteiger partial charge in [-0.05, 0) is 24.3 Å². The Bertz CT molecular complexity index is 804. The summed E-state index contributed by atoms with van der Waals surface area (Å²) >= 11 is 12.1. The summed E-state index contributed by atoms with van der Waals surface area (Å²) in [7, 11) is 0. The molecule has 22 heavy (non-hydrogen) atoms. The molecule has 1 aliphatic rings. The lowest BCUT2D eigenvalue weighted by Crippen LogP contribution is -2.18. The van der Waals surface area contributed by atoms with Gasteiger partial charge in [-0.3, -0.25) is 4.90 Å². The van der Waals surface area contributed by atoms with Gasteiger partial charge in [-0.2, -0.15) is 0 Å². The molecular formula is C16H9Cl2N3O. The van der Waals surface area contributed by atoms with Crippen LogP contribution in [0.15, 0.2) is 54.6 Å². The number of fused-ring (bicyclic) bond motifs is 2. The third kappa shape index (κ3) is 2.17. The van der Waals surface area contributed by atoms with Gasteiger partial charge >= 0.3 is 0 Å². The number of benzene rings is 2. The largest absolute Gasteiger partial charge is 0.453 e. The van der Waals surface area contributed by atoms with Crippen LogP contribution in [0.25, 0.3) is 0 Å². The molecule has 0 radical (unpaired) electrons. The number of hydrogen-bond donors (Lipinski definition) is 0. The molecule has 3 aromatic rings. The molecule has 0 unspecified atom stereocenters. The van der Waals surface area contributed by atoms with Crippen molar-refractivity contribution in [2.45, 2.75) is 0 Å². The van der Waals surface area contributed by atoms with Crippen LogP contribution in [-0.4, -0.2) is 9.97 Å². The molecule has 0 spiro atoms. The van der Waals surface area contributed by atoms with Crippen molar-refractivity contribution < 1.29 is 4.74 Å². The summed E-state index contributed by atoms with van der Waals surface area (Å²) in [6.45, 7) is 0. The van der Waals surface area contributed by atoms with Crippen molar-refractivity contribution >= 4 is 40.5 Å². The zero-order chi connectivity index (χ0) is 15.1. The minimum Gasteiger partial charge on any atom is -0.453 e. The summed E-state index contributed by atoms with van der Waals surface area (Å²) in [5.41, 5.74) is 1.67. The number of rotatable bonds is 1. The van der Waals surface area contributed by atoms with Gasteiger partial charge in [0, 0.05) is 6.07 Å². The molecule has 0 saturated heterocycles. The Balaban J connectivity index is 1.98. The highest BCUT2D eigenvalue weighted by Crippen LogP contribution is 2.49. The van der Waals surface area contributed by atoms with E-state index in [1.807, 2.05) is 53.4 Å². The molecule has 0 atom stereocenters. The van der Waals surface area contributed by atoms with E-state index < -0.39 is 0 Å². The predicted molar refractivity (Wildman–Crippen MR) is 86.8 cm³/mol. The van der Waals surface area contributed by atoms with Crippen molar-refractivity contribution in [3.8, 4) is 11.5 Å². The normalized spacial score (nSPS) is 12.4. The molecule has 0 aliphatic carbocycles. The molecule has 2 heterocycles. The van der Waals surface area contributed by atoms with Crippen molar-refractivity contribution in [1.29, 1.82) is 0 Å². The Morgan fingerprint density at radius 3 is 1.82 bits per heavy atom. The average Bonchev–Trinajstić information content (AvgIpc) is 2.51. The summed E-state index contributed by atoms with van der Waals surface area (Å²) in [4.78, 5) is 10.5. The minimum absolute atomic E-state index is 0.288. The van der Waals surface area contributed by atoms with E-state index in [4.69, 9.17) is 27.9 Å². The third-order valence-corrected chi connectivity index (χ3v) is 3.67. The summed E-state index contributed by atoms with van der Waals surface area (Å²) in [6, 6.07) is 16.8. The van der Waals surface area contributed by atoms with Gasteiger partial charge in [0.25, 0.3) is 0 Å². The summed E-state index contributed by atoms with van der Waals surface area (Å²) in [5, 5.41) is 0.577. The Hall–Kier alpha value is -2.30. The maximum atomic E-state index is 6.03. The number of para-hydroxylation sites is 4. The molecule has 0 saturated carbocycles. The molecule has 4 nitrogen and oxygen atoms in total. The average molecular weight is 330 g/mol. The van der Waals surface area contributed by atoms with Gasteiger partial charge in [0.05, 0.1) is 11.4 Å². The standard InChI is InChI=1S/C16H9Cl2N3O/c17-14-9-15(18)20-16(19-14)21-10-5-1-3-7-12(10)22-13-8-4-2-6-11(13)21/h1-9H. The lowest BCUT2D eigenvalue weighted by Gasteiger charge is -2.31. The fourth-order valence-corrected chi connectivity index (χ4v) is 2.81. The zero-order valence-corrected chi connectivity index (χ0v) is 12.7. The molecule has 6 heteroatoms. The second kappa shape index (κ2) is 5.16. The topological polar surface area (TPSA) is 38.2 Å². The molecule has 1 aliphatic heterocycles. The highest BCUT2D eigenvalue weighted by Gasteiger charge is 2.27. The lowest BCUT2D eigenvalue weighted by atomic mass is 10.2. The van der Waals surface area contributed by atoms with E-state index in [2.05, 4.69) is 9.97 Å². The molecule has 0 fully saturated rings. The maximum Gasteiger partial charge on any atom is 0.237 e. The van der Waals surface area contributed by atoms with Crippen molar-refractivity contribution in [3.05, 3.63) is 64.9 Å². The number of ether oxygens (including phenoxy) is 1. The van der Waals surface area contributed by atoms with Gasteiger partial charge in [0.1, 0.15) is 10.3 Å². The first-order valence-electron chi connectivity index (χ1n) is 6.58. The zero-order valence-electron chi connectivity index (χ0n) is 11.2. The summed E-state index contributed by atoms with van der Waals surface area (Å²) in [5.74, 6) is 1.85. The van der Waals surface area contributed by atoms with Crippen LogP contribution in [0.2, 0.25) is 10.3 Å².